The minimum Gasteiger partial charge on any atom is -0.508 e. The van der Waals surface area contributed by atoms with Gasteiger partial charge in [-0.15, -0.1) is 0 Å². The molecule has 3 rings (SSSR count). The van der Waals surface area contributed by atoms with E-state index in [1.165, 1.54) is 6.42 Å². The molecule has 1 saturated heterocycles. The lowest BCUT2D eigenvalue weighted by atomic mass is 10.00. The molecule has 2 N–H and O–H groups in total. The van der Waals surface area contributed by atoms with Crippen molar-refractivity contribution in [3.8, 4) is 5.75 Å². The highest BCUT2D eigenvalue weighted by molar-refractivity contribution is 5.80. The quantitative estimate of drug-likeness (QED) is 0.837. The van der Waals surface area contributed by atoms with E-state index >= 15 is 0 Å². The summed E-state index contributed by atoms with van der Waals surface area (Å²) in [6, 6.07) is 7.24. The molecule has 0 amide bonds. The lowest BCUT2D eigenvalue weighted by molar-refractivity contribution is 0.208. The fourth-order valence-electron chi connectivity index (χ4n) is 2.58. The predicted octanol–water partition coefficient (Wildman–Crippen LogP) is 1.86. The smallest absolute Gasteiger partial charge is 0.188 e. The van der Waals surface area contributed by atoms with Crippen LogP contribution in [0.4, 0.5) is 0 Å². The van der Waals surface area contributed by atoms with E-state index in [-0.39, 0.29) is 11.9 Å². The summed E-state index contributed by atoms with van der Waals surface area (Å²) in [5, 5.41) is 12.9. The van der Waals surface area contributed by atoms with Crippen LogP contribution in [0.3, 0.4) is 0 Å². The van der Waals surface area contributed by atoms with Crippen LogP contribution >= 0.6 is 0 Å². The summed E-state index contributed by atoms with van der Waals surface area (Å²) in [6.07, 6.45) is 2.30. The maximum atomic E-state index is 9.49. The molecule has 2 atom stereocenters. The number of phenolic OH excluding ortho intramolecular Hbond substituents is 1. The molecule has 0 aliphatic carbocycles. The Morgan fingerprint density at radius 1 is 1.39 bits per heavy atom. The van der Waals surface area contributed by atoms with Gasteiger partial charge in [0.15, 0.2) is 5.90 Å². The predicted molar refractivity (Wildman–Crippen MR) is 69.8 cm³/mol. The number of hydrogen-bond donors (Lipinski definition) is 2. The maximum absolute atomic E-state index is 9.49. The van der Waals surface area contributed by atoms with Gasteiger partial charge in [-0.2, -0.15) is 0 Å². The summed E-state index contributed by atoms with van der Waals surface area (Å²) >= 11 is 0. The first kappa shape index (κ1) is 11.5. The Balaban J connectivity index is 1.66. The molecule has 4 nitrogen and oxygen atoms in total. The summed E-state index contributed by atoms with van der Waals surface area (Å²) in [4.78, 5) is 4.52. The number of hydrogen-bond acceptors (Lipinski definition) is 4. The van der Waals surface area contributed by atoms with Crippen LogP contribution in [-0.2, 0) is 4.74 Å². The average molecular weight is 246 g/mol. The van der Waals surface area contributed by atoms with Crippen LogP contribution in [0.1, 0.15) is 24.5 Å². The Bertz CT molecular complexity index is 453. The van der Waals surface area contributed by atoms with E-state index in [2.05, 4.69) is 10.3 Å². The first-order chi connectivity index (χ1) is 8.83. The Morgan fingerprint density at radius 2 is 2.33 bits per heavy atom. The van der Waals surface area contributed by atoms with E-state index in [1.54, 1.807) is 12.1 Å². The standard InChI is InChI=1S/C14H18N2O2/c17-12-5-1-3-10(7-12)13-9-16-14(18-13)11-4-2-6-15-8-11/h1,3,5,7,11,13,15,17H,2,4,6,8-9H2. The van der Waals surface area contributed by atoms with Crippen molar-refractivity contribution >= 4 is 5.90 Å². The van der Waals surface area contributed by atoms with Crippen LogP contribution in [0.2, 0.25) is 0 Å². The third-order valence-corrected chi connectivity index (χ3v) is 3.56. The number of phenols is 1. The third-order valence-electron chi connectivity index (χ3n) is 3.56. The highest BCUT2D eigenvalue weighted by Gasteiger charge is 2.28. The first-order valence-corrected chi connectivity index (χ1v) is 6.53. The van der Waals surface area contributed by atoms with E-state index in [0.29, 0.717) is 12.5 Å². The maximum Gasteiger partial charge on any atom is 0.188 e. The largest absolute Gasteiger partial charge is 0.508 e. The lowest BCUT2D eigenvalue weighted by Crippen LogP contribution is -2.34. The van der Waals surface area contributed by atoms with Crippen molar-refractivity contribution in [1.82, 2.24) is 5.32 Å². The third kappa shape index (κ3) is 2.34. The van der Waals surface area contributed by atoms with Crippen molar-refractivity contribution in [3.05, 3.63) is 29.8 Å². The number of nitrogens with zero attached hydrogens (tertiary/aromatic N) is 1. The minimum atomic E-state index is -0.0333. The van der Waals surface area contributed by atoms with E-state index in [1.807, 2.05) is 12.1 Å². The van der Waals surface area contributed by atoms with Gasteiger partial charge in [0.1, 0.15) is 11.9 Å². The Labute approximate surface area is 107 Å². The van der Waals surface area contributed by atoms with Gasteiger partial charge in [0.25, 0.3) is 0 Å². The van der Waals surface area contributed by atoms with E-state index in [0.717, 1.165) is 31.0 Å². The molecule has 96 valence electrons. The number of rotatable bonds is 2. The normalized spacial score (nSPS) is 27.7. The van der Waals surface area contributed by atoms with Crippen LogP contribution in [0.5, 0.6) is 5.75 Å². The molecule has 1 fully saturated rings. The molecule has 2 aliphatic heterocycles. The zero-order valence-corrected chi connectivity index (χ0v) is 10.3. The molecule has 18 heavy (non-hydrogen) atoms. The molecule has 4 heteroatoms. The van der Waals surface area contributed by atoms with Crippen molar-refractivity contribution in [3.63, 3.8) is 0 Å². The van der Waals surface area contributed by atoms with Crippen LogP contribution in [0.25, 0.3) is 0 Å². The molecule has 2 aliphatic rings. The SMILES string of the molecule is Oc1cccc(C2CN=C(C3CCCNC3)O2)c1. The Morgan fingerprint density at radius 3 is 3.11 bits per heavy atom. The van der Waals surface area contributed by atoms with Crippen molar-refractivity contribution in [1.29, 1.82) is 0 Å². The molecular formula is C14H18N2O2. The fraction of sp³-hybridized carbons (Fsp3) is 0.500. The highest BCUT2D eigenvalue weighted by Crippen LogP contribution is 2.28. The van der Waals surface area contributed by atoms with Crippen molar-refractivity contribution in [2.75, 3.05) is 19.6 Å². The van der Waals surface area contributed by atoms with Crippen molar-refractivity contribution in [2.24, 2.45) is 10.9 Å². The van der Waals surface area contributed by atoms with Crippen LogP contribution in [-0.4, -0.2) is 30.6 Å². The van der Waals surface area contributed by atoms with E-state index in [9.17, 15) is 5.11 Å². The number of piperidine rings is 1. The monoisotopic (exact) mass is 246 g/mol. The number of aliphatic imine (C=N–C) groups is 1. The van der Waals surface area contributed by atoms with E-state index < -0.39 is 0 Å². The molecule has 0 saturated carbocycles. The highest BCUT2D eigenvalue weighted by atomic mass is 16.5. The molecule has 0 bridgehead atoms. The Hall–Kier alpha value is -1.55. The second-order valence-electron chi connectivity index (χ2n) is 4.92. The summed E-state index contributed by atoms with van der Waals surface area (Å²) in [5.74, 6) is 1.58. The summed E-state index contributed by atoms with van der Waals surface area (Å²) in [5.41, 5.74) is 0.998. The second kappa shape index (κ2) is 4.98. The molecule has 2 heterocycles. The molecule has 2 unspecified atom stereocenters. The topological polar surface area (TPSA) is 53.9 Å². The van der Waals surface area contributed by atoms with Gasteiger partial charge in [-0.3, -0.25) is 4.99 Å². The van der Waals surface area contributed by atoms with Gasteiger partial charge in [-0.1, -0.05) is 12.1 Å². The molecular weight excluding hydrogens is 228 g/mol. The lowest BCUT2D eigenvalue weighted by Gasteiger charge is -2.23. The number of nitrogens with one attached hydrogen (secondary N) is 1. The average Bonchev–Trinajstić information content (AvgIpc) is 2.89. The van der Waals surface area contributed by atoms with E-state index in [4.69, 9.17) is 4.74 Å². The van der Waals surface area contributed by atoms with Gasteiger partial charge >= 0.3 is 0 Å². The van der Waals surface area contributed by atoms with Gasteiger partial charge in [0.2, 0.25) is 0 Å². The van der Waals surface area contributed by atoms with Gasteiger partial charge in [0.05, 0.1) is 6.54 Å². The fourth-order valence-corrected chi connectivity index (χ4v) is 2.58. The molecule has 0 spiro atoms. The van der Waals surface area contributed by atoms with Crippen LogP contribution < -0.4 is 5.32 Å². The van der Waals surface area contributed by atoms with Crippen molar-refractivity contribution < 1.29 is 9.84 Å². The summed E-state index contributed by atoms with van der Waals surface area (Å²) in [6.45, 7) is 2.72. The molecule has 0 aromatic heterocycles. The van der Waals surface area contributed by atoms with Gasteiger partial charge in [-0.25, -0.2) is 0 Å². The molecule has 0 radical (unpaired) electrons. The first-order valence-electron chi connectivity index (χ1n) is 6.53. The number of benzene rings is 1. The zero-order chi connectivity index (χ0) is 12.4. The van der Waals surface area contributed by atoms with Crippen molar-refractivity contribution in [2.45, 2.75) is 18.9 Å². The number of ether oxygens (including phenoxy) is 1. The van der Waals surface area contributed by atoms with Gasteiger partial charge in [-0.05, 0) is 37.1 Å². The zero-order valence-electron chi connectivity index (χ0n) is 10.3. The second-order valence-corrected chi connectivity index (χ2v) is 4.92. The van der Waals surface area contributed by atoms with Gasteiger partial charge < -0.3 is 15.2 Å². The Kier molecular flexibility index (Phi) is 3.19. The molecule has 1 aromatic carbocycles. The van der Waals surface area contributed by atoms with Crippen LogP contribution in [0, 0.1) is 5.92 Å². The summed E-state index contributed by atoms with van der Waals surface area (Å²) in [7, 11) is 0. The van der Waals surface area contributed by atoms with Crippen LogP contribution in [0.15, 0.2) is 29.3 Å². The summed E-state index contributed by atoms with van der Waals surface area (Å²) < 4.78 is 5.94. The minimum absolute atomic E-state index is 0.0333. The molecule has 1 aromatic rings. The number of aromatic hydroxyl groups is 1. The van der Waals surface area contributed by atoms with Gasteiger partial charge in [0, 0.05) is 12.5 Å².